The van der Waals surface area contributed by atoms with E-state index in [0.717, 1.165) is 64.6 Å². The van der Waals surface area contributed by atoms with Crippen molar-refractivity contribution >= 4 is 0 Å². The van der Waals surface area contributed by atoms with Crippen LogP contribution in [0.1, 0.15) is 71.1 Å². The number of ether oxygens (including phenoxy) is 5. The summed E-state index contributed by atoms with van der Waals surface area (Å²) in [4.78, 5) is 0. The highest BCUT2D eigenvalue weighted by Gasteiger charge is 2.49. The Morgan fingerprint density at radius 3 is 2.48 bits per heavy atom. The van der Waals surface area contributed by atoms with Gasteiger partial charge in [0.05, 0.1) is 18.3 Å². The van der Waals surface area contributed by atoms with E-state index < -0.39 is 6.29 Å². The predicted octanol–water partition coefficient (Wildman–Crippen LogP) is 4.71. The molecule has 0 aromatic heterocycles. The summed E-state index contributed by atoms with van der Waals surface area (Å²) in [6.07, 6.45) is 18.8. The van der Waals surface area contributed by atoms with Gasteiger partial charge in [-0.1, -0.05) is 31.2 Å². The lowest BCUT2D eigenvalue weighted by molar-refractivity contribution is -0.196. The second kappa shape index (κ2) is 11.3. The third-order valence-corrected chi connectivity index (χ3v) is 8.35. The van der Waals surface area contributed by atoms with Crippen molar-refractivity contribution in [3.8, 4) is 0 Å². The average Bonchev–Trinajstić information content (AvgIpc) is 3.55. The molecule has 186 valence electrons. The molecule has 5 rings (SSSR count). The zero-order valence-electron chi connectivity index (χ0n) is 20.1. The monoisotopic (exact) mass is 462 g/mol. The molecule has 5 aliphatic rings. The van der Waals surface area contributed by atoms with E-state index in [9.17, 15) is 5.11 Å². The van der Waals surface area contributed by atoms with Crippen LogP contribution in [0.4, 0.5) is 0 Å². The summed E-state index contributed by atoms with van der Waals surface area (Å²) in [5, 5.41) is 10.1. The lowest BCUT2D eigenvalue weighted by atomic mass is 9.86. The first kappa shape index (κ1) is 24.0. The fraction of sp³-hybridized carbons (Fsp3) is 0.852. The van der Waals surface area contributed by atoms with Crippen molar-refractivity contribution in [2.45, 2.75) is 108 Å². The molecular weight excluding hydrogens is 420 g/mol. The Morgan fingerprint density at radius 2 is 1.79 bits per heavy atom. The number of rotatable bonds is 8. The van der Waals surface area contributed by atoms with Gasteiger partial charge >= 0.3 is 0 Å². The van der Waals surface area contributed by atoms with Gasteiger partial charge in [0.15, 0.2) is 18.9 Å². The standard InChI is InChI=1S/C27H42O6/c1-18(19-8-2-3-9-19)22(32-26-10-4-6-14-29-26)13-12-20-21-16-25(28)31-24(21)17-23(20)33-27-11-5-7-15-30-27/h2,8,12-13,18-28H,3-7,9-11,14-17H2,1H3/t18?,19?,20-,21-,22+,23-,24+,25?,26?,27?/m1/s1. The summed E-state index contributed by atoms with van der Waals surface area (Å²) in [6, 6.07) is 0. The molecule has 5 unspecified atom stereocenters. The van der Waals surface area contributed by atoms with Crippen LogP contribution in [0.15, 0.2) is 24.3 Å². The second-order valence-corrected chi connectivity index (χ2v) is 10.6. The maximum absolute atomic E-state index is 10.1. The minimum Gasteiger partial charge on any atom is -0.368 e. The van der Waals surface area contributed by atoms with Crippen LogP contribution >= 0.6 is 0 Å². The van der Waals surface area contributed by atoms with Gasteiger partial charge in [0.25, 0.3) is 0 Å². The Labute approximate surface area is 198 Å². The van der Waals surface area contributed by atoms with Crippen LogP contribution in [0.3, 0.4) is 0 Å². The smallest absolute Gasteiger partial charge is 0.158 e. The predicted molar refractivity (Wildman–Crippen MR) is 124 cm³/mol. The first-order chi connectivity index (χ1) is 16.2. The van der Waals surface area contributed by atoms with Crippen molar-refractivity contribution in [2.24, 2.45) is 23.7 Å². The van der Waals surface area contributed by atoms with E-state index in [0.29, 0.717) is 18.3 Å². The Balaban J connectivity index is 1.30. The van der Waals surface area contributed by atoms with Gasteiger partial charge in [-0.3, -0.25) is 0 Å². The molecule has 1 N–H and O–H groups in total. The number of hydrogen-bond acceptors (Lipinski definition) is 6. The van der Waals surface area contributed by atoms with Gasteiger partial charge < -0.3 is 28.8 Å². The van der Waals surface area contributed by atoms with Crippen molar-refractivity contribution < 1.29 is 28.8 Å². The van der Waals surface area contributed by atoms with Gasteiger partial charge in [0.2, 0.25) is 0 Å². The first-order valence-corrected chi connectivity index (χ1v) is 13.4. The van der Waals surface area contributed by atoms with Gasteiger partial charge in [0, 0.05) is 32.0 Å². The van der Waals surface area contributed by atoms with E-state index in [1.54, 1.807) is 0 Å². The molecule has 6 heteroatoms. The van der Waals surface area contributed by atoms with Gasteiger partial charge in [-0.05, 0) is 69.1 Å². The molecule has 3 heterocycles. The minimum absolute atomic E-state index is 0.00118. The van der Waals surface area contributed by atoms with Crippen LogP contribution in [0.2, 0.25) is 0 Å². The molecular formula is C27H42O6. The average molecular weight is 463 g/mol. The Bertz CT molecular complexity index is 668. The molecule has 3 saturated heterocycles. The van der Waals surface area contributed by atoms with Crippen molar-refractivity contribution in [3.05, 3.63) is 24.3 Å². The number of fused-ring (bicyclic) bond motifs is 1. The van der Waals surface area contributed by atoms with E-state index >= 15 is 0 Å². The molecule has 10 atom stereocenters. The normalized spacial score (nSPS) is 43.2. The van der Waals surface area contributed by atoms with Crippen LogP contribution < -0.4 is 0 Å². The number of aliphatic hydroxyl groups is 1. The van der Waals surface area contributed by atoms with E-state index in [-0.39, 0.29) is 42.7 Å². The van der Waals surface area contributed by atoms with Crippen molar-refractivity contribution in [2.75, 3.05) is 13.2 Å². The summed E-state index contributed by atoms with van der Waals surface area (Å²) in [5.74, 6) is 1.40. The molecule has 0 spiro atoms. The topological polar surface area (TPSA) is 66.4 Å². The molecule has 6 nitrogen and oxygen atoms in total. The quantitative estimate of drug-likeness (QED) is 0.527. The Morgan fingerprint density at radius 1 is 1.00 bits per heavy atom. The molecule has 0 amide bonds. The van der Waals surface area contributed by atoms with Crippen LogP contribution in [0, 0.1) is 23.7 Å². The van der Waals surface area contributed by atoms with E-state index in [1.165, 1.54) is 6.42 Å². The van der Waals surface area contributed by atoms with Gasteiger partial charge in [0.1, 0.15) is 0 Å². The highest BCUT2D eigenvalue weighted by Crippen LogP contribution is 2.45. The Hall–Kier alpha value is -0.760. The summed E-state index contributed by atoms with van der Waals surface area (Å²) < 4.78 is 30.7. The highest BCUT2D eigenvalue weighted by atomic mass is 16.7. The van der Waals surface area contributed by atoms with Crippen LogP contribution in [0.25, 0.3) is 0 Å². The molecule has 1 saturated carbocycles. The van der Waals surface area contributed by atoms with E-state index in [4.69, 9.17) is 23.7 Å². The molecule has 4 fully saturated rings. The van der Waals surface area contributed by atoms with Gasteiger partial charge in [-0.25, -0.2) is 0 Å². The second-order valence-electron chi connectivity index (χ2n) is 10.6. The minimum atomic E-state index is -0.659. The fourth-order valence-electron chi connectivity index (χ4n) is 6.38. The summed E-state index contributed by atoms with van der Waals surface area (Å²) in [6.45, 7) is 3.88. The van der Waals surface area contributed by atoms with Crippen LogP contribution in [-0.2, 0) is 23.7 Å². The van der Waals surface area contributed by atoms with E-state index in [1.807, 2.05) is 0 Å². The van der Waals surface area contributed by atoms with Crippen LogP contribution in [0.5, 0.6) is 0 Å². The SMILES string of the molecule is CC(C1C=CCC1)[C@H](C=C[C@@H]1[C@H]2CC(O)O[C@H]2C[C@H]1OC1CCCCO1)OC1CCCCO1. The zero-order valence-corrected chi connectivity index (χ0v) is 20.1. The van der Waals surface area contributed by atoms with E-state index in [2.05, 4.69) is 31.2 Å². The van der Waals surface area contributed by atoms with Crippen LogP contribution in [-0.4, -0.2) is 55.5 Å². The van der Waals surface area contributed by atoms with Gasteiger partial charge in [-0.15, -0.1) is 0 Å². The lowest BCUT2D eigenvalue weighted by Crippen LogP contribution is -2.34. The largest absolute Gasteiger partial charge is 0.368 e. The molecule has 33 heavy (non-hydrogen) atoms. The van der Waals surface area contributed by atoms with Crippen molar-refractivity contribution in [3.63, 3.8) is 0 Å². The molecule has 2 aliphatic carbocycles. The Kier molecular flexibility index (Phi) is 8.22. The van der Waals surface area contributed by atoms with Crippen molar-refractivity contribution in [1.29, 1.82) is 0 Å². The molecule has 0 aromatic carbocycles. The maximum atomic E-state index is 10.1. The number of aliphatic hydroxyl groups excluding tert-OH is 1. The molecule has 3 aliphatic heterocycles. The summed E-state index contributed by atoms with van der Waals surface area (Å²) in [7, 11) is 0. The number of hydrogen-bond donors (Lipinski definition) is 1. The highest BCUT2D eigenvalue weighted by molar-refractivity contribution is 5.09. The number of allylic oxidation sites excluding steroid dienone is 2. The maximum Gasteiger partial charge on any atom is 0.158 e. The third kappa shape index (κ3) is 5.91. The zero-order chi connectivity index (χ0) is 22.6. The fourth-order valence-corrected chi connectivity index (χ4v) is 6.38. The molecule has 0 radical (unpaired) electrons. The van der Waals surface area contributed by atoms with Crippen molar-refractivity contribution in [1.82, 2.24) is 0 Å². The summed E-state index contributed by atoms with van der Waals surface area (Å²) >= 11 is 0. The summed E-state index contributed by atoms with van der Waals surface area (Å²) in [5.41, 5.74) is 0. The third-order valence-electron chi connectivity index (χ3n) is 8.35. The molecule has 0 bridgehead atoms. The lowest BCUT2D eigenvalue weighted by Gasteiger charge is -2.32. The molecule has 0 aromatic rings. The first-order valence-electron chi connectivity index (χ1n) is 13.4. The van der Waals surface area contributed by atoms with Gasteiger partial charge in [-0.2, -0.15) is 0 Å².